The van der Waals surface area contributed by atoms with Gasteiger partial charge in [-0.2, -0.15) is 13.2 Å². The quantitative estimate of drug-likeness (QED) is 0.510. The Balaban J connectivity index is 1.34. The van der Waals surface area contributed by atoms with Gasteiger partial charge < -0.3 is 15.1 Å². The molecule has 0 bridgehead atoms. The van der Waals surface area contributed by atoms with Crippen molar-refractivity contribution in [2.24, 2.45) is 0 Å². The summed E-state index contributed by atoms with van der Waals surface area (Å²) in [4.78, 5) is 19.7. The van der Waals surface area contributed by atoms with Gasteiger partial charge in [-0.05, 0) is 72.6 Å². The first-order valence-electron chi connectivity index (χ1n) is 12.6. The van der Waals surface area contributed by atoms with Crippen molar-refractivity contribution in [3.8, 4) is 0 Å². The van der Waals surface area contributed by atoms with Gasteiger partial charge in [-0.1, -0.05) is 24.3 Å². The molecule has 1 saturated heterocycles. The highest BCUT2D eigenvalue weighted by Gasteiger charge is 2.31. The summed E-state index contributed by atoms with van der Waals surface area (Å²) in [7, 11) is 2.04. The third kappa shape index (κ3) is 6.14. The number of likely N-dealkylation sites (N-methyl/N-ethyl adjacent to an activating group) is 1. The summed E-state index contributed by atoms with van der Waals surface area (Å²) < 4.78 is 41.0. The lowest BCUT2D eigenvalue weighted by molar-refractivity contribution is -0.137. The lowest BCUT2D eigenvalue weighted by atomic mass is 9.96. The Hall–Kier alpha value is -3.36. The van der Waals surface area contributed by atoms with Crippen molar-refractivity contribution >= 4 is 17.3 Å². The Morgan fingerprint density at radius 3 is 2.38 bits per heavy atom. The summed E-state index contributed by atoms with van der Waals surface area (Å²) in [6, 6.07) is 19.5. The molecule has 0 saturated carbocycles. The van der Waals surface area contributed by atoms with E-state index >= 15 is 0 Å². The molecule has 194 valence electrons. The molecule has 0 aliphatic carbocycles. The van der Waals surface area contributed by atoms with Gasteiger partial charge in [0.2, 0.25) is 0 Å². The fourth-order valence-electron chi connectivity index (χ4n) is 5.04. The van der Waals surface area contributed by atoms with Gasteiger partial charge in [0.25, 0.3) is 5.91 Å². The van der Waals surface area contributed by atoms with Gasteiger partial charge in [-0.3, -0.25) is 9.69 Å². The Morgan fingerprint density at radius 1 is 0.892 bits per heavy atom. The van der Waals surface area contributed by atoms with E-state index in [-0.39, 0.29) is 5.69 Å². The number of nitrogens with one attached hydrogen (secondary N) is 1. The van der Waals surface area contributed by atoms with Crippen LogP contribution in [0.1, 0.15) is 32.6 Å². The maximum absolute atomic E-state index is 13.7. The highest BCUT2D eigenvalue weighted by molar-refractivity contribution is 6.04. The van der Waals surface area contributed by atoms with E-state index in [4.69, 9.17) is 0 Å². The fraction of sp³-hybridized carbons (Fsp3) is 0.345. The van der Waals surface area contributed by atoms with E-state index in [2.05, 4.69) is 32.1 Å². The van der Waals surface area contributed by atoms with Gasteiger partial charge in [0, 0.05) is 62.8 Å². The summed E-state index contributed by atoms with van der Waals surface area (Å²) in [5, 5.41) is 2.73. The normalized spacial score (nSPS) is 16.9. The van der Waals surface area contributed by atoms with Crippen LogP contribution >= 0.6 is 0 Å². The van der Waals surface area contributed by atoms with E-state index in [1.54, 1.807) is 12.1 Å². The van der Waals surface area contributed by atoms with Gasteiger partial charge in [0.1, 0.15) is 0 Å². The van der Waals surface area contributed by atoms with E-state index in [1.807, 2.05) is 37.4 Å². The molecular formula is C29H31F3N4O. The van der Waals surface area contributed by atoms with Crippen LogP contribution in [0.15, 0.2) is 66.7 Å². The van der Waals surface area contributed by atoms with Gasteiger partial charge in [0.15, 0.2) is 0 Å². The van der Waals surface area contributed by atoms with Crippen LogP contribution in [0.2, 0.25) is 0 Å². The lowest BCUT2D eigenvalue weighted by Crippen LogP contribution is -2.43. The van der Waals surface area contributed by atoms with Crippen LogP contribution < -0.4 is 10.2 Å². The summed E-state index contributed by atoms with van der Waals surface area (Å²) >= 11 is 0. The Kier molecular flexibility index (Phi) is 7.22. The lowest BCUT2D eigenvalue weighted by Gasteiger charge is -2.32. The number of carbonyl (C=O) groups excluding carboxylic acids is 1. The van der Waals surface area contributed by atoms with Crippen LogP contribution in [0.25, 0.3) is 0 Å². The first-order valence-corrected chi connectivity index (χ1v) is 12.6. The number of rotatable bonds is 5. The third-order valence-corrected chi connectivity index (χ3v) is 7.18. The molecule has 1 N–H and O–H groups in total. The van der Waals surface area contributed by atoms with Crippen LogP contribution in [-0.2, 0) is 25.7 Å². The van der Waals surface area contributed by atoms with Crippen molar-refractivity contribution in [2.75, 3.05) is 50.0 Å². The van der Waals surface area contributed by atoms with E-state index in [0.717, 1.165) is 56.5 Å². The molecule has 1 fully saturated rings. The molecule has 5 nitrogen and oxygen atoms in total. The first kappa shape index (κ1) is 25.3. The number of carbonyl (C=O) groups is 1. The maximum atomic E-state index is 13.7. The Labute approximate surface area is 215 Å². The minimum Gasteiger partial charge on any atom is -0.367 e. The average Bonchev–Trinajstić information content (AvgIpc) is 2.89. The second kappa shape index (κ2) is 10.6. The fourth-order valence-corrected chi connectivity index (χ4v) is 5.04. The number of hydrogen-bond acceptors (Lipinski definition) is 4. The predicted molar refractivity (Wildman–Crippen MR) is 140 cm³/mol. The number of amides is 1. The molecule has 5 rings (SSSR count). The van der Waals surface area contributed by atoms with Crippen LogP contribution in [0.3, 0.4) is 0 Å². The second-order valence-electron chi connectivity index (χ2n) is 9.94. The number of benzene rings is 3. The Bertz CT molecular complexity index is 1250. The molecule has 2 aliphatic heterocycles. The molecule has 2 aliphatic rings. The van der Waals surface area contributed by atoms with Crippen molar-refractivity contribution in [1.29, 1.82) is 0 Å². The van der Waals surface area contributed by atoms with Gasteiger partial charge >= 0.3 is 6.18 Å². The zero-order chi connectivity index (χ0) is 26.0. The zero-order valence-corrected chi connectivity index (χ0v) is 20.9. The summed E-state index contributed by atoms with van der Waals surface area (Å²) in [5.74, 6) is -0.412. The monoisotopic (exact) mass is 508 g/mol. The highest BCUT2D eigenvalue weighted by Crippen LogP contribution is 2.33. The number of halogens is 3. The summed E-state index contributed by atoms with van der Waals surface area (Å²) in [5.41, 5.74) is 3.76. The third-order valence-electron chi connectivity index (χ3n) is 7.18. The molecule has 3 aromatic rings. The second-order valence-corrected chi connectivity index (χ2v) is 9.94. The van der Waals surface area contributed by atoms with Gasteiger partial charge in [0.05, 0.1) is 5.56 Å². The van der Waals surface area contributed by atoms with Crippen molar-refractivity contribution in [3.63, 3.8) is 0 Å². The smallest absolute Gasteiger partial charge is 0.367 e. The van der Waals surface area contributed by atoms with E-state index < -0.39 is 17.6 Å². The number of piperazine rings is 1. The van der Waals surface area contributed by atoms with Gasteiger partial charge in [-0.25, -0.2) is 0 Å². The van der Waals surface area contributed by atoms with Crippen molar-refractivity contribution in [3.05, 3.63) is 94.5 Å². The minimum atomic E-state index is -4.50. The molecular weight excluding hydrogens is 477 g/mol. The van der Waals surface area contributed by atoms with Gasteiger partial charge in [-0.15, -0.1) is 0 Å². The average molecular weight is 509 g/mol. The molecule has 0 spiro atoms. The summed E-state index contributed by atoms with van der Waals surface area (Å²) in [6.45, 7) is 5.33. The molecule has 0 unspecified atom stereocenters. The number of fused-ring (bicyclic) bond motifs is 1. The van der Waals surface area contributed by atoms with E-state index in [9.17, 15) is 18.0 Å². The van der Waals surface area contributed by atoms with E-state index in [0.29, 0.717) is 24.2 Å². The molecule has 0 atom stereocenters. The van der Waals surface area contributed by atoms with Crippen LogP contribution in [0.4, 0.5) is 24.5 Å². The Morgan fingerprint density at radius 2 is 1.65 bits per heavy atom. The minimum absolute atomic E-state index is 0.160. The van der Waals surface area contributed by atoms with Crippen LogP contribution in [-0.4, -0.2) is 55.5 Å². The highest BCUT2D eigenvalue weighted by atomic mass is 19.4. The predicted octanol–water partition coefficient (Wildman–Crippen LogP) is 5.27. The maximum Gasteiger partial charge on any atom is 0.416 e. The molecule has 0 radical (unpaired) electrons. The number of hydrogen-bond donors (Lipinski definition) is 1. The molecule has 0 aromatic heterocycles. The van der Waals surface area contributed by atoms with E-state index in [1.165, 1.54) is 11.6 Å². The standard InChI is InChI=1S/C29H31F3N4O/c1-34-11-13-35(14-12-34)19-21-15-25(29(30,31)32)18-26(16-21)33-28(37)23-8-7-22-9-10-36(20-24(22)17-23)27-5-3-2-4-6-27/h2-8,15-18H,9-14,19-20H2,1H3,(H,33,37). The molecule has 1 amide bonds. The van der Waals surface area contributed by atoms with Crippen LogP contribution in [0, 0.1) is 0 Å². The molecule has 8 heteroatoms. The molecule has 3 aromatic carbocycles. The SMILES string of the molecule is CN1CCN(Cc2cc(NC(=O)c3ccc4c(c3)CN(c3ccccc3)CC4)cc(C(F)(F)F)c2)CC1. The number of nitrogens with zero attached hydrogens (tertiary/aromatic N) is 3. The van der Waals surface area contributed by atoms with Crippen molar-refractivity contribution in [1.82, 2.24) is 9.80 Å². The summed E-state index contributed by atoms with van der Waals surface area (Å²) in [6.07, 6.45) is -3.63. The molecule has 37 heavy (non-hydrogen) atoms. The number of anilines is 2. The topological polar surface area (TPSA) is 38.8 Å². The zero-order valence-electron chi connectivity index (χ0n) is 20.9. The van der Waals surface area contributed by atoms with Crippen LogP contribution in [0.5, 0.6) is 0 Å². The van der Waals surface area contributed by atoms with Crippen molar-refractivity contribution in [2.45, 2.75) is 25.7 Å². The number of alkyl halides is 3. The van der Waals surface area contributed by atoms with Crippen molar-refractivity contribution < 1.29 is 18.0 Å². The molecule has 2 heterocycles. The first-order chi connectivity index (χ1) is 17.7. The largest absolute Gasteiger partial charge is 0.416 e. The number of para-hydroxylation sites is 1.